The molecule has 5 nitrogen and oxygen atoms in total. The Morgan fingerprint density at radius 2 is 2.19 bits per heavy atom. The van der Waals surface area contributed by atoms with Crippen molar-refractivity contribution < 1.29 is 9.53 Å². The molecule has 2 atom stereocenters. The van der Waals surface area contributed by atoms with Crippen LogP contribution in [0.2, 0.25) is 0 Å². The summed E-state index contributed by atoms with van der Waals surface area (Å²) in [4.78, 5) is 17.6. The minimum atomic E-state index is -0.0176. The van der Waals surface area contributed by atoms with Gasteiger partial charge in [0.1, 0.15) is 0 Å². The van der Waals surface area contributed by atoms with Gasteiger partial charge in [0.05, 0.1) is 19.3 Å². The molecule has 2 amide bonds. The fraction of sp³-hybridized carbons (Fsp3) is 0.667. The minimum absolute atomic E-state index is 0.0176. The SMILES string of the molecule is CC(CNC(=O)N(C)C(C)c1cccs1)N1CCOCC1. The van der Waals surface area contributed by atoms with Gasteiger partial charge in [-0.05, 0) is 25.3 Å². The number of urea groups is 1. The Balaban J connectivity index is 1.78. The van der Waals surface area contributed by atoms with Gasteiger partial charge >= 0.3 is 6.03 Å². The van der Waals surface area contributed by atoms with Gasteiger partial charge in [-0.2, -0.15) is 0 Å². The quantitative estimate of drug-likeness (QED) is 0.906. The van der Waals surface area contributed by atoms with Crippen molar-refractivity contribution in [2.24, 2.45) is 0 Å². The van der Waals surface area contributed by atoms with Gasteiger partial charge in [0.2, 0.25) is 0 Å². The number of nitrogens with one attached hydrogen (secondary N) is 1. The zero-order valence-corrected chi connectivity index (χ0v) is 13.9. The molecular weight excluding hydrogens is 286 g/mol. The van der Waals surface area contributed by atoms with Gasteiger partial charge < -0.3 is 15.0 Å². The molecule has 0 bridgehead atoms. The van der Waals surface area contributed by atoms with Crippen LogP contribution in [0.4, 0.5) is 4.79 Å². The summed E-state index contributed by atoms with van der Waals surface area (Å²) in [6, 6.07) is 4.50. The van der Waals surface area contributed by atoms with Crippen molar-refractivity contribution in [3.8, 4) is 0 Å². The summed E-state index contributed by atoms with van der Waals surface area (Å²) in [7, 11) is 1.85. The van der Waals surface area contributed by atoms with Crippen LogP contribution in [0.25, 0.3) is 0 Å². The van der Waals surface area contributed by atoms with Gasteiger partial charge in [0, 0.05) is 37.6 Å². The number of carbonyl (C=O) groups is 1. The van der Waals surface area contributed by atoms with Crippen molar-refractivity contribution >= 4 is 17.4 Å². The van der Waals surface area contributed by atoms with Crippen LogP contribution in [0.1, 0.15) is 24.8 Å². The third kappa shape index (κ3) is 4.43. The van der Waals surface area contributed by atoms with Gasteiger partial charge in [-0.1, -0.05) is 6.07 Å². The van der Waals surface area contributed by atoms with Crippen LogP contribution in [-0.2, 0) is 4.74 Å². The molecule has 6 heteroatoms. The normalized spacial score (nSPS) is 19.0. The van der Waals surface area contributed by atoms with E-state index in [1.807, 2.05) is 18.5 Å². The van der Waals surface area contributed by atoms with Crippen molar-refractivity contribution in [3.63, 3.8) is 0 Å². The van der Waals surface area contributed by atoms with Crippen molar-refractivity contribution in [2.75, 3.05) is 39.9 Å². The molecule has 0 saturated carbocycles. The summed E-state index contributed by atoms with van der Waals surface area (Å²) in [6.07, 6.45) is 0. The molecule has 21 heavy (non-hydrogen) atoms. The molecule has 1 saturated heterocycles. The smallest absolute Gasteiger partial charge is 0.317 e. The van der Waals surface area contributed by atoms with Crippen LogP contribution in [0.3, 0.4) is 0 Å². The van der Waals surface area contributed by atoms with E-state index in [1.165, 1.54) is 4.88 Å². The number of rotatable bonds is 5. The molecule has 2 rings (SSSR count). The topological polar surface area (TPSA) is 44.8 Å². The van der Waals surface area contributed by atoms with E-state index in [4.69, 9.17) is 4.74 Å². The van der Waals surface area contributed by atoms with Crippen LogP contribution in [0.15, 0.2) is 17.5 Å². The predicted octanol–water partition coefficient (Wildman–Crippen LogP) is 2.17. The summed E-state index contributed by atoms with van der Waals surface area (Å²) in [6.45, 7) is 8.32. The van der Waals surface area contributed by atoms with Crippen molar-refractivity contribution in [1.29, 1.82) is 0 Å². The summed E-state index contributed by atoms with van der Waals surface area (Å²) >= 11 is 1.68. The number of morpholine rings is 1. The second-order valence-electron chi connectivity index (χ2n) is 5.49. The van der Waals surface area contributed by atoms with Crippen molar-refractivity contribution in [3.05, 3.63) is 22.4 Å². The van der Waals surface area contributed by atoms with Crippen LogP contribution in [-0.4, -0.2) is 61.8 Å². The van der Waals surface area contributed by atoms with Crippen LogP contribution in [0, 0.1) is 0 Å². The Labute approximate surface area is 130 Å². The minimum Gasteiger partial charge on any atom is -0.379 e. The lowest BCUT2D eigenvalue weighted by atomic mass is 10.2. The number of amides is 2. The molecule has 1 aliphatic heterocycles. The van der Waals surface area contributed by atoms with E-state index in [1.54, 1.807) is 16.2 Å². The first-order valence-electron chi connectivity index (χ1n) is 7.45. The molecule has 1 aromatic heterocycles. The zero-order chi connectivity index (χ0) is 15.2. The van der Waals surface area contributed by atoms with Gasteiger partial charge in [0.15, 0.2) is 0 Å². The summed E-state index contributed by atoms with van der Waals surface area (Å²) in [5.41, 5.74) is 0. The highest BCUT2D eigenvalue weighted by Gasteiger charge is 2.21. The molecule has 1 aromatic rings. The van der Waals surface area contributed by atoms with E-state index in [0.29, 0.717) is 12.6 Å². The van der Waals surface area contributed by atoms with Crippen LogP contribution < -0.4 is 5.32 Å². The number of hydrogen-bond donors (Lipinski definition) is 1. The van der Waals surface area contributed by atoms with Crippen LogP contribution in [0.5, 0.6) is 0 Å². The first-order valence-corrected chi connectivity index (χ1v) is 8.33. The number of hydrogen-bond acceptors (Lipinski definition) is 4. The number of carbonyl (C=O) groups excluding carboxylic acids is 1. The van der Waals surface area contributed by atoms with E-state index in [9.17, 15) is 4.79 Å². The second-order valence-corrected chi connectivity index (χ2v) is 6.46. The predicted molar refractivity (Wildman–Crippen MR) is 85.7 cm³/mol. The molecule has 1 aliphatic rings. The third-order valence-corrected chi connectivity index (χ3v) is 5.12. The Hall–Kier alpha value is -1.11. The summed E-state index contributed by atoms with van der Waals surface area (Å²) in [5, 5.41) is 5.07. The van der Waals surface area contributed by atoms with E-state index >= 15 is 0 Å². The van der Waals surface area contributed by atoms with E-state index < -0.39 is 0 Å². The molecule has 118 valence electrons. The molecule has 2 heterocycles. The fourth-order valence-electron chi connectivity index (χ4n) is 2.40. The van der Waals surface area contributed by atoms with Gasteiger partial charge in [0.25, 0.3) is 0 Å². The average molecular weight is 311 g/mol. The maximum Gasteiger partial charge on any atom is 0.317 e. The summed E-state index contributed by atoms with van der Waals surface area (Å²) < 4.78 is 5.35. The molecule has 1 N–H and O–H groups in total. The number of nitrogens with zero attached hydrogens (tertiary/aromatic N) is 2. The molecule has 0 radical (unpaired) electrons. The first kappa shape index (κ1) is 16.3. The standard InChI is InChI=1S/C15H25N3O2S/c1-12(18-6-8-20-9-7-18)11-16-15(19)17(3)13(2)14-5-4-10-21-14/h4-5,10,12-13H,6-9,11H2,1-3H3,(H,16,19). The first-order chi connectivity index (χ1) is 10.1. The van der Waals surface area contributed by atoms with Gasteiger partial charge in [-0.25, -0.2) is 4.79 Å². The van der Waals surface area contributed by atoms with E-state index in [-0.39, 0.29) is 12.1 Å². The maximum atomic E-state index is 12.2. The lowest BCUT2D eigenvalue weighted by Crippen LogP contribution is -2.49. The largest absolute Gasteiger partial charge is 0.379 e. The lowest BCUT2D eigenvalue weighted by molar-refractivity contribution is 0.0206. The Bertz CT molecular complexity index is 432. The maximum absolute atomic E-state index is 12.2. The molecule has 0 spiro atoms. The molecule has 0 aliphatic carbocycles. The van der Waals surface area contributed by atoms with Gasteiger partial charge in [-0.3, -0.25) is 4.90 Å². The fourth-order valence-corrected chi connectivity index (χ4v) is 3.23. The molecular formula is C15H25N3O2S. The summed E-state index contributed by atoms with van der Waals surface area (Å²) in [5.74, 6) is 0. The molecule has 2 unspecified atom stereocenters. The molecule has 1 fully saturated rings. The Morgan fingerprint density at radius 1 is 1.48 bits per heavy atom. The Kier molecular flexibility index (Phi) is 6.02. The Morgan fingerprint density at radius 3 is 2.81 bits per heavy atom. The molecule has 0 aromatic carbocycles. The lowest BCUT2D eigenvalue weighted by Gasteiger charge is -2.33. The second kappa shape index (κ2) is 7.77. The van der Waals surface area contributed by atoms with Crippen molar-refractivity contribution in [1.82, 2.24) is 15.1 Å². The van der Waals surface area contributed by atoms with Gasteiger partial charge in [-0.15, -0.1) is 11.3 Å². The van der Waals surface area contributed by atoms with E-state index in [2.05, 4.69) is 30.1 Å². The third-order valence-electron chi connectivity index (χ3n) is 4.07. The van der Waals surface area contributed by atoms with Crippen molar-refractivity contribution in [2.45, 2.75) is 25.9 Å². The highest BCUT2D eigenvalue weighted by Crippen LogP contribution is 2.23. The average Bonchev–Trinajstić information content (AvgIpc) is 3.06. The number of thiophene rings is 1. The van der Waals surface area contributed by atoms with E-state index in [0.717, 1.165) is 26.3 Å². The highest BCUT2D eigenvalue weighted by molar-refractivity contribution is 7.10. The monoisotopic (exact) mass is 311 g/mol. The zero-order valence-electron chi connectivity index (χ0n) is 13.0. The highest BCUT2D eigenvalue weighted by atomic mass is 32.1. The van der Waals surface area contributed by atoms with Crippen LogP contribution >= 0.6 is 11.3 Å². The number of ether oxygens (including phenoxy) is 1.